The van der Waals surface area contributed by atoms with E-state index in [1.165, 1.54) is 11.9 Å². The molecule has 6 heteroatoms. The van der Waals surface area contributed by atoms with E-state index in [0.29, 0.717) is 12.1 Å². The summed E-state index contributed by atoms with van der Waals surface area (Å²) in [6, 6.07) is 9.55. The summed E-state index contributed by atoms with van der Waals surface area (Å²) in [6.07, 6.45) is 3.06. The summed E-state index contributed by atoms with van der Waals surface area (Å²) in [5, 5.41) is 3.85. The lowest BCUT2D eigenvalue weighted by atomic mass is 9.67. The Labute approximate surface area is 151 Å². The SMILES string of the molecule is CC1CCC2C(=O)N(C)C(=O)C2C1C(=O)Nc1cnc2ccccc2c1. The van der Waals surface area contributed by atoms with Gasteiger partial charge in [-0.1, -0.05) is 25.1 Å². The highest BCUT2D eigenvalue weighted by molar-refractivity contribution is 6.08. The van der Waals surface area contributed by atoms with Crippen molar-refractivity contribution in [2.24, 2.45) is 23.7 Å². The number of nitrogens with zero attached hydrogens (tertiary/aromatic N) is 2. The van der Waals surface area contributed by atoms with Gasteiger partial charge in [-0.2, -0.15) is 0 Å². The number of rotatable bonds is 2. The average molecular weight is 351 g/mol. The lowest BCUT2D eigenvalue weighted by Gasteiger charge is -2.34. The Morgan fingerprint density at radius 1 is 1.19 bits per heavy atom. The highest BCUT2D eigenvalue weighted by atomic mass is 16.2. The normalized spacial score (nSPS) is 28.3. The van der Waals surface area contributed by atoms with E-state index in [1.807, 2.05) is 37.3 Å². The minimum atomic E-state index is -0.551. The summed E-state index contributed by atoms with van der Waals surface area (Å²) in [5.74, 6) is -1.96. The topological polar surface area (TPSA) is 79.4 Å². The summed E-state index contributed by atoms with van der Waals surface area (Å²) in [5.41, 5.74) is 1.46. The number of fused-ring (bicyclic) bond motifs is 2. The molecule has 1 aliphatic heterocycles. The molecule has 1 aromatic carbocycles. The molecule has 0 radical (unpaired) electrons. The maximum atomic E-state index is 13.0. The van der Waals surface area contributed by atoms with Crippen LogP contribution in [0.1, 0.15) is 19.8 Å². The molecule has 0 bridgehead atoms. The molecule has 1 saturated carbocycles. The van der Waals surface area contributed by atoms with Gasteiger partial charge in [0.05, 0.1) is 35.2 Å². The first-order chi connectivity index (χ1) is 12.5. The van der Waals surface area contributed by atoms with Crippen molar-refractivity contribution in [1.29, 1.82) is 0 Å². The van der Waals surface area contributed by atoms with Crippen LogP contribution in [0.2, 0.25) is 0 Å². The van der Waals surface area contributed by atoms with Gasteiger partial charge < -0.3 is 5.32 Å². The number of imide groups is 1. The maximum Gasteiger partial charge on any atom is 0.233 e. The first-order valence-corrected chi connectivity index (χ1v) is 8.94. The van der Waals surface area contributed by atoms with Gasteiger partial charge in [0.2, 0.25) is 17.7 Å². The number of carbonyl (C=O) groups is 3. The van der Waals surface area contributed by atoms with E-state index in [2.05, 4.69) is 10.3 Å². The van der Waals surface area contributed by atoms with Crippen LogP contribution in [-0.4, -0.2) is 34.7 Å². The van der Waals surface area contributed by atoms with Crippen LogP contribution in [0.25, 0.3) is 10.9 Å². The fraction of sp³-hybridized carbons (Fsp3) is 0.400. The standard InChI is InChI=1S/C20H21N3O3/c1-11-7-8-14-17(20(26)23(2)19(14)25)16(11)18(24)22-13-9-12-5-3-4-6-15(12)21-10-13/h3-6,9-11,14,16-17H,7-8H2,1-2H3,(H,22,24). The number of hydrogen-bond donors (Lipinski definition) is 1. The molecule has 134 valence electrons. The van der Waals surface area contributed by atoms with Gasteiger partial charge in [-0.3, -0.25) is 24.3 Å². The van der Waals surface area contributed by atoms with Crippen LogP contribution in [0.5, 0.6) is 0 Å². The number of pyridine rings is 1. The molecule has 26 heavy (non-hydrogen) atoms. The van der Waals surface area contributed by atoms with Crippen LogP contribution >= 0.6 is 0 Å². The van der Waals surface area contributed by atoms with Crippen molar-refractivity contribution in [1.82, 2.24) is 9.88 Å². The number of para-hydroxylation sites is 1. The molecular weight excluding hydrogens is 330 g/mol. The van der Waals surface area contributed by atoms with Crippen LogP contribution in [0.4, 0.5) is 5.69 Å². The van der Waals surface area contributed by atoms with E-state index in [1.54, 1.807) is 6.20 Å². The molecule has 2 fully saturated rings. The minimum Gasteiger partial charge on any atom is -0.324 e. The monoisotopic (exact) mass is 351 g/mol. The van der Waals surface area contributed by atoms with Gasteiger partial charge >= 0.3 is 0 Å². The van der Waals surface area contributed by atoms with Crippen molar-refractivity contribution in [2.75, 3.05) is 12.4 Å². The van der Waals surface area contributed by atoms with Crippen LogP contribution in [0.15, 0.2) is 36.5 Å². The molecule has 1 saturated heterocycles. The zero-order valence-corrected chi connectivity index (χ0v) is 14.8. The molecule has 1 aliphatic carbocycles. The number of nitrogens with one attached hydrogen (secondary N) is 1. The Morgan fingerprint density at radius 2 is 1.96 bits per heavy atom. The van der Waals surface area contributed by atoms with Gasteiger partial charge in [-0.05, 0) is 30.9 Å². The first kappa shape index (κ1) is 16.7. The third-order valence-electron chi connectivity index (χ3n) is 5.79. The third-order valence-corrected chi connectivity index (χ3v) is 5.79. The van der Waals surface area contributed by atoms with E-state index in [-0.39, 0.29) is 29.6 Å². The highest BCUT2D eigenvalue weighted by Gasteiger charge is 2.54. The number of carbonyl (C=O) groups excluding carboxylic acids is 3. The summed E-state index contributed by atoms with van der Waals surface area (Å²) >= 11 is 0. The van der Waals surface area contributed by atoms with Gasteiger partial charge in [0.15, 0.2) is 0 Å². The lowest BCUT2D eigenvalue weighted by Crippen LogP contribution is -2.43. The molecule has 2 aliphatic rings. The summed E-state index contributed by atoms with van der Waals surface area (Å²) in [4.78, 5) is 43.4. The zero-order chi connectivity index (χ0) is 18.4. The van der Waals surface area contributed by atoms with Crippen LogP contribution in [0, 0.1) is 23.7 Å². The minimum absolute atomic E-state index is 0.0490. The van der Waals surface area contributed by atoms with Crippen molar-refractivity contribution < 1.29 is 14.4 Å². The molecule has 1 aromatic heterocycles. The van der Waals surface area contributed by atoms with E-state index >= 15 is 0 Å². The number of aromatic nitrogens is 1. The summed E-state index contributed by atoms with van der Waals surface area (Å²) in [7, 11) is 1.51. The summed E-state index contributed by atoms with van der Waals surface area (Å²) < 4.78 is 0. The van der Waals surface area contributed by atoms with E-state index < -0.39 is 11.8 Å². The molecule has 4 atom stereocenters. The Hall–Kier alpha value is -2.76. The molecular formula is C20H21N3O3. The fourth-order valence-corrected chi connectivity index (χ4v) is 4.38. The molecule has 1 N–H and O–H groups in total. The third kappa shape index (κ3) is 2.57. The second-order valence-electron chi connectivity index (χ2n) is 7.35. The molecule has 3 amide bonds. The highest BCUT2D eigenvalue weighted by Crippen LogP contribution is 2.44. The second kappa shape index (κ2) is 6.20. The molecule has 4 rings (SSSR count). The van der Waals surface area contributed by atoms with Gasteiger partial charge in [-0.15, -0.1) is 0 Å². The lowest BCUT2D eigenvalue weighted by molar-refractivity contribution is -0.140. The van der Waals surface area contributed by atoms with Gasteiger partial charge in [0.1, 0.15) is 0 Å². The maximum absolute atomic E-state index is 13.0. The predicted octanol–water partition coefficient (Wildman–Crippen LogP) is 2.45. The molecule has 6 nitrogen and oxygen atoms in total. The molecule has 2 heterocycles. The van der Waals surface area contributed by atoms with Crippen LogP contribution < -0.4 is 5.32 Å². The van der Waals surface area contributed by atoms with Crippen LogP contribution in [0.3, 0.4) is 0 Å². The van der Waals surface area contributed by atoms with Crippen LogP contribution in [-0.2, 0) is 14.4 Å². The van der Waals surface area contributed by atoms with E-state index in [4.69, 9.17) is 0 Å². The van der Waals surface area contributed by atoms with Crippen molar-refractivity contribution >= 4 is 34.3 Å². The molecule has 4 unspecified atom stereocenters. The first-order valence-electron chi connectivity index (χ1n) is 8.94. The smallest absolute Gasteiger partial charge is 0.233 e. The van der Waals surface area contributed by atoms with Gasteiger partial charge in [-0.25, -0.2) is 0 Å². The number of hydrogen-bond acceptors (Lipinski definition) is 4. The number of likely N-dealkylation sites (tertiary alicyclic amines) is 1. The summed E-state index contributed by atoms with van der Waals surface area (Å²) in [6.45, 7) is 1.98. The van der Waals surface area contributed by atoms with E-state index in [0.717, 1.165) is 17.3 Å². The quantitative estimate of drug-likeness (QED) is 0.843. The van der Waals surface area contributed by atoms with E-state index in [9.17, 15) is 14.4 Å². The fourth-order valence-electron chi connectivity index (χ4n) is 4.38. The number of amides is 3. The Kier molecular flexibility index (Phi) is 3.98. The molecule has 0 spiro atoms. The average Bonchev–Trinajstić information content (AvgIpc) is 2.85. The van der Waals surface area contributed by atoms with Crippen molar-refractivity contribution in [3.05, 3.63) is 36.5 Å². The zero-order valence-electron chi connectivity index (χ0n) is 14.8. The van der Waals surface area contributed by atoms with Gasteiger partial charge in [0, 0.05) is 12.4 Å². The number of benzene rings is 1. The van der Waals surface area contributed by atoms with Crippen molar-refractivity contribution in [3.63, 3.8) is 0 Å². The number of anilines is 1. The Morgan fingerprint density at radius 3 is 2.77 bits per heavy atom. The van der Waals surface area contributed by atoms with Gasteiger partial charge in [0.25, 0.3) is 0 Å². The van der Waals surface area contributed by atoms with Crippen molar-refractivity contribution in [2.45, 2.75) is 19.8 Å². The second-order valence-corrected chi connectivity index (χ2v) is 7.35. The molecule has 2 aromatic rings. The largest absolute Gasteiger partial charge is 0.324 e. The predicted molar refractivity (Wildman–Crippen MR) is 97.0 cm³/mol. The van der Waals surface area contributed by atoms with Crippen molar-refractivity contribution in [3.8, 4) is 0 Å². The Bertz CT molecular complexity index is 910. The Balaban J connectivity index is 1.61.